The molecule has 0 unspecified atom stereocenters. The molecule has 1 atom stereocenters. The maximum Gasteiger partial charge on any atom is 0.270 e. The van der Waals surface area contributed by atoms with Crippen LogP contribution in [0.15, 0.2) is 55.0 Å². The number of carbonyl (C=O) groups is 2. The van der Waals surface area contributed by atoms with Crippen molar-refractivity contribution in [3.8, 4) is 11.1 Å². The number of benzene rings is 1. The lowest BCUT2D eigenvalue weighted by Crippen LogP contribution is -2.49. The van der Waals surface area contributed by atoms with E-state index in [1.54, 1.807) is 49.6 Å². The topological polar surface area (TPSA) is 103 Å². The monoisotopic (exact) mass is 467 g/mol. The van der Waals surface area contributed by atoms with Crippen LogP contribution in [0.3, 0.4) is 0 Å². The predicted octanol–water partition coefficient (Wildman–Crippen LogP) is 3.69. The molecule has 0 radical (unpaired) electrons. The first-order chi connectivity index (χ1) is 15.9. The van der Waals surface area contributed by atoms with Gasteiger partial charge in [0.25, 0.3) is 5.91 Å². The molecule has 2 amide bonds. The fourth-order valence-corrected chi connectivity index (χ4v) is 4.52. The van der Waals surface area contributed by atoms with Crippen LogP contribution in [0.1, 0.15) is 42.6 Å². The summed E-state index contributed by atoms with van der Waals surface area (Å²) >= 11 is 6.22. The molecule has 1 fully saturated rings. The van der Waals surface area contributed by atoms with Gasteiger partial charge in [-0.15, -0.1) is 0 Å². The normalized spacial score (nSPS) is 15.1. The summed E-state index contributed by atoms with van der Waals surface area (Å²) in [7, 11) is 1.69. The molecule has 8 nitrogen and oxygen atoms in total. The molecule has 2 N–H and O–H groups in total. The van der Waals surface area contributed by atoms with Crippen molar-refractivity contribution >= 4 is 29.1 Å². The van der Waals surface area contributed by atoms with E-state index in [1.807, 2.05) is 0 Å². The van der Waals surface area contributed by atoms with Crippen molar-refractivity contribution in [3.05, 3.63) is 70.9 Å². The molecule has 0 spiro atoms. The Morgan fingerprint density at radius 2 is 1.88 bits per heavy atom. The second-order valence-corrected chi connectivity index (χ2v) is 8.73. The molecule has 4 rings (SSSR count). The van der Waals surface area contributed by atoms with Gasteiger partial charge in [-0.3, -0.25) is 14.3 Å². The molecular formula is C24H26ClN5O3. The largest absolute Gasteiger partial charge is 0.619 e. The van der Waals surface area contributed by atoms with E-state index in [0.717, 1.165) is 37.7 Å². The molecular weight excluding hydrogens is 442 g/mol. The fourth-order valence-electron chi connectivity index (χ4n) is 4.30. The first kappa shape index (κ1) is 22.8. The number of pyridine rings is 1. The summed E-state index contributed by atoms with van der Waals surface area (Å²) in [5.74, 6) is -0.494. The lowest BCUT2D eigenvalue weighted by Gasteiger charge is -2.30. The maximum absolute atomic E-state index is 13.2. The van der Waals surface area contributed by atoms with Crippen LogP contribution < -0.4 is 15.4 Å². The van der Waals surface area contributed by atoms with Gasteiger partial charge in [0.2, 0.25) is 5.91 Å². The van der Waals surface area contributed by atoms with Crippen molar-refractivity contribution in [3.63, 3.8) is 0 Å². The minimum absolute atomic E-state index is 0.0748. The summed E-state index contributed by atoms with van der Waals surface area (Å²) in [6.07, 6.45) is 9.32. The highest BCUT2D eigenvalue weighted by Gasteiger charge is 2.31. The van der Waals surface area contributed by atoms with Crippen LogP contribution in [0.25, 0.3) is 11.1 Å². The average molecular weight is 468 g/mol. The van der Waals surface area contributed by atoms with Crippen molar-refractivity contribution in [1.29, 1.82) is 0 Å². The average Bonchev–Trinajstić information content (AvgIpc) is 3.26. The van der Waals surface area contributed by atoms with Gasteiger partial charge in [-0.1, -0.05) is 43.0 Å². The second-order valence-electron chi connectivity index (χ2n) is 8.32. The van der Waals surface area contributed by atoms with E-state index in [9.17, 15) is 14.8 Å². The van der Waals surface area contributed by atoms with E-state index in [1.165, 1.54) is 17.1 Å². The Hall–Kier alpha value is -3.39. The SMILES string of the molecule is Cn1nccc1C(=O)N[C@H](C(=O)Nc1ccc(-c2c[n+]([O-])ccc2Cl)cc1)C1CCCCC1. The molecule has 1 aromatic carbocycles. The number of anilines is 1. The van der Waals surface area contributed by atoms with Gasteiger partial charge in [-0.05, 0) is 42.5 Å². The molecule has 3 aromatic rings. The van der Waals surface area contributed by atoms with Crippen LogP contribution in [-0.2, 0) is 11.8 Å². The zero-order chi connectivity index (χ0) is 23.4. The van der Waals surface area contributed by atoms with Crippen LogP contribution in [-0.4, -0.2) is 27.6 Å². The molecule has 2 heterocycles. The summed E-state index contributed by atoms with van der Waals surface area (Å²) in [5.41, 5.74) is 2.37. The van der Waals surface area contributed by atoms with Crippen molar-refractivity contribution in [2.45, 2.75) is 38.1 Å². The van der Waals surface area contributed by atoms with E-state index >= 15 is 0 Å². The summed E-state index contributed by atoms with van der Waals surface area (Å²) < 4.78 is 2.18. The lowest BCUT2D eigenvalue weighted by atomic mass is 9.83. The summed E-state index contributed by atoms with van der Waals surface area (Å²) in [4.78, 5) is 26.0. The van der Waals surface area contributed by atoms with Crippen molar-refractivity contribution in [1.82, 2.24) is 15.1 Å². The van der Waals surface area contributed by atoms with E-state index in [0.29, 0.717) is 26.7 Å². The number of aromatic nitrogens is 3. The standard InChI is InChI=1S/C24H26ClN5O3/c1-29-21(11-13-26-29)23(31)28-22(17-5-3-2-4-6-17)24(32)27-18-9-7-16(8-10-18)19-15-30(33)14-12-20(19)25/h7-15,17,22H,2-6H2,1H3,(H,27,32)(H,28,31)/t22-/m0/s1. The van der Waals surface area contributed by atoms with Gasteiger partial charge in [0, 0.05) is 25.0 Å². The molecule has 172 valence electrons. The Morgan fingerprint density at radius 1 is 1.15 bits per heavy atom. The zero-order valence-electron chi connectivity index (χ0n) is 18.3. The Kier molecular flexibility index (Phi) is 6.93. The quantitative estimate of drug-likeness (QED) is 0.426. The summed E-state index contributed by atoms with van der Waals surface area (Å²) in [5, 5.41) is 22.0. The number of hydrogen-bond donors (Lipinski definition) is 2. The van der Waals surface area contributed by atoms with E-state index < -0.39 is 6.04 Å². The molecule has 9 heteroatoms. The van der Waals surface area contributed by atoms with Crippen LogP contribution in [0.2, 0.25) is 5.02 Å². The minimum atomic E-state index is -0.643. The maximum atomic E-state index is 13.2. The highest BCUT2D eigenvalue weighted by Crippen LogP contribution is 2.29. The molecule has 0 bridgehead atoms. The van der Waals surface area contributed by atoms with Crippen LogP contribution >= 0.6 is 11.6 Å². The Labute approximate surface area is 197 Å². The third-order valence-electron chi connectivity index (χ3n) is 6.09. The van der Waals surface area contributed by atoms with Gasteiger partial charge in [0.1, 0.15) is 11.7 Å². The number of aryl methyl sites for hydroxylation is 1. The first-order valence-electron chi connectivity index (χ1n) is 11.0. The molecule has 33 heavy (non-hydrogen) atoms. The third kappa shape index (κ3) is 5.34. The van der Waals surface area contributed by atoms with Gasteiger partial charge in [0.05, 0.1) is 10.6 Å². The number of halogens is 1. The lowest BCUT2D eigenvalue weighted by molar-refractivity contribution is -0.604. The molecule has 1 saturated carbocycles. The molecule has 0 saturated heterocycles. The zero-order valence-corrected chi connectivity index (χ0v) is 19.1. The number of amides is 2. The molecule has 1 aliphatic rings. The molecule has 0 aliphatic heterocycles. The highest BCUT2D eigenvalue weighted by molar-refractivity contribution is 6.33. The summed E-state index contributed by atoms with van der Waals surface area (Å²) in [6.45, 7) is 0. The van der Waals surface area contributed by atoms with Crippen molar-refractivity contribution in [2.24, 2.45) is 13.0 Å². The number of carbonyl (C=O) groups excluding carboxylic acids is 2. The highest BCUT2D eigenvalue weighted by atomic mass is 35.5. The van der Waals surface area contributed by atoms with E-state index in [-0.39, 0.29) is 17.7 Å². The van der Waals surface area contributed by atoms with Gasteiger partial charge >= 0.3 is 0 Å². The minimum Gasteiger partial charge on any atom is -0.619 e. The third-order valence-corrected chi connectivity index (χ3v) is 6.42. The first-order valence-corrected chi connectivity index (χ1v) is 11.4. The summed E-state index contributed by atoms with van der Waals surface area (Å²) in [6, 6.07) is 9.62. The fraction of sp³-hybridized carbons (Fsp3) is 0.333. The van der Waals surface area contributed by atoms with Gasteiger partial charge in [0.15, 0.2) is 12.4 Å². The number of nitrogens with one attached hydrogen (secondary N) is 2. The Morgan fingerprint density at radius 3 is 2.55 bits per heavy atom. The van der Waals surface area contributed by atoms with Crippen molar-refractivity contribution < 1.29 is 14.3 Å². The van der Waals surface area contributed by atoms with Crippen molar-refractivity contribution in [2.75, 3.05) is 5.32 Å². The predicted molar refractivity (Wildman–Crippen MR) is 126 cm³/mol. The van der Waals surface area contributed by atoms with Crippen LogP contribution in [0, 0.1) is 11.1 Å². The number of hydrogen-bond acceptors (Lipinski definition) is 4. The molecule has 1 aliphatic carbocycles. The van der Waals surface area contributed by atoms with E-state index in [2.05, 4.69) is 15.7 Å². The van der Waals surface area contributed by atoms with Gasteiger partial charge in [-0.25, -0.2) is 0 Å². The van der Waals surface area contributed by atoms with Crippen LogP contribution in [0.5, 0.6) is 0 Å². The number of rotatable bonds is 6. The Balaban J connectivity index is 1.50. The number of nitrogens with zero attached hydrogens (tertiary/aromatic N) is 3. The Bertz CT molecular complexity index is 1140. The van der Waals surface area contributed by atoms with Gasteiger partial charge in [-0.2, -0.15) is 9.83 Å². The smallest absolute Gasteiger partial charge is 0.270 e. The molecule has 2 aromatic heterocycles. The van der Waals surface area contributed by atoms with Gasteiger partial charge < -0.3 is 15.8 Å². The second kappa shape index (κ2) is 10.0. The van der Waals surface area contributed by atoms with E-state index in [4.69, 9.17) is 11.6 Å². The van der Waals surface area contributed by atoms with Crippen LogP contribution in [0.4, 0.5) is 5.69 Å².